The van der Waals surface area contributed by atoms with Gasteiger partial charge in [0.05, 0.1) is 17.2 Å². The minimum absolute atomic E-state index is 0.00969. The van der Waals surface area contributed by atoms with Gasteiger partial charge in [-0.3, -0.25) is 9.59 Å². The number of carbonyl (C=O) groups is 2. The fourth-order valence-corrected chi connectivity index (χ4v) is 3.81. The van der Waals surface area contributed by atoms with Crippen molar-refractivity contribution in [1.82, 2.24) is 9.88 Å². The number of hydrogen-bond donors (Lipinski definition) is 1. The first-order valence-electron chi connectivity index (χ1n) is 9.57. The van der Waals surface area contributed by atoms with Gasteiger partial charge in [-0.2, -0.15) is 13.2 Å². The lowest BCUT2D eigenvalue weighted by molar-refractivity contribution is -0.137. The summed E-state index contributed by atoms with van der Waals surface area (Å²) in [4.78, 5) is 25.4. The molecule has 154 valence electrons. The van der Waals surface area contributed by atoms with E-state index in [1.54, 1.807) is 42.5 Å². The summed E-state index contributed by atoms with van der Waals surface area (Å²) in [5.74, 6) is -0.803. The van der Waals surface area contributed by atoms with Crippen molar-refractivity contribution in [3.05, 3.63) is 94.8 Å². The summed E-state index contributed by atoms with van der Waals surface area (Å²) in [6.45, 7) is 0.549. The molecule has 1 amide bonds. The zero-order valence-corrected chi connectivity index (χ0v) is 15.9. The molecule has 1 atom stereocenters. The molecule has 0 aliphatic carbocycles. The van der Waals surface area contributed by atoms with E-state index >= 15 is 0 Å². The smallest absolute Gasteiger partial charge is 0.351 e. The molecule has 2 aromatic carbocycles. The average Bonchev–Trinajstić information content (AvgIpc) is 3.34. The molecule has 0 unspecified atom stereocenters. The van der Waals surface area contributed by atoms with Gasteiger partial charge in [-0.1, -0.05) is 42.5 Å². The predicted octanol–water partition coefficient (Wildman–Crippen LogP) is 4.54. The number of hydrogen-bond acceptors (Lipinski definition) is 2. The molecule has 1 N–H and O–H groups in total. The fourth-order valence-electron chi connectivity index (χ4n) is 3.81. The van der Waals surface area contributed by atoms with Crippen LogP contribution in [0.4, 0.5) is 13.2 Å². The molecule has 7 heteroatoms. The van der Waals surface area contributed by atoms with Crippen molar-refractivity contribution in [3.8, 4) is 0 Å². The van der Waals surface area contributed by atoms with Crippen LogP contribution >= 0.6 is 0 Å². The summed E-state index contributed by atoms with van der Waals surface area (Å²) in [6.07, 6.45) is -3.88. The van der Waals surface area contributed by atoms with E-state index in [-0.39, 0.29) is 18.2 Å². The SMILES string of the molecule is O=C(c1ccccc1)c1ccc2n1CC[C@H]2C(=O)NCc1cccc(C(F)(F)F)c1. The summed E-state index contributed by atoms with van der Waals surface area (Å²) in [5, 5.41) is 2.73. The van der Waals surface area contributed by atoms with Gasteiger partial charge < -0.3 is 9.88 Å². The Bertz CT molecular complexity index is 1090. The fraction of sp³-hybridized carbons (Fsp3) is 0.217. The van der Waals surface area contributed by atoms with Crippen LogP contribution in [0.3, 0.4) is 0 Å². The molecule has 4 nitrogen and oxygen atoms in total. The van der Waals surface area contributed by atoms with E-state index in [0.29, 0.717) is 29.8 Å². The van der Waals surface area contributed by atoms with Crippen LogP contribution in [0.1, 0.15) is 45.2 Å². The molecule has 1 aliphatic heterocycles. The lowest BCUT2D eigenvalue weighted by Gasteiger charge is -2.12. The van der Waals surface area contributed by atoms with Crippen molar-refractivity contribution in [3.63, 3.8) is 0 Å². The second-order valence-corrected chi connectivity index (χ2v) is 7.25. The van der Waals surface area contributed by atoms with Crippen LogP contribution in [0.2, 0.25) is 0 Å². The van der Waals surface area contributed by atoms with E-state index in [9.17, 15) is 22.8 Å². The molecule has 3 aromatic rings. The number of nitrogens with zero attached hydrogens (tertiary/aromatic N) is 1. The van der Waals surface area contributed by atoms with Gasteiger partial charge >= 0.3 is 6.18 Å². The largest absolute Gasteiger partial charge is 0.416 e. The third kappa shape index (κ3) is 3.87. The number of fused-ring (bicyclic) bond motifs is 1. The maximum absolute atomic E-state index is 12.9. The van der Waals surface area contributed by atoms with Crippen molar-refractivity contribution in [1.29, 1.82) is 0 Å². The van der Waals surface area contributed by atoms with Crippen LogP contribution in [0.25, 0.3) is 0 Å². The monoisotopic (exact) mass is 412 g/mol. The van der Waals surface area contributed by atoms with Gasteiger partial charge in [0.15, 0.2) is 0 Å². The van der Waals surface area contributed by atoms with Crippen LogP contribution in [-0.2, 0) is 24.1 Å². The Kier molecular flexibility index (Phi) is 5.20. The van der Waals surface area contributed by atoms with E-state index in [2.05, 4.69) is 5.32 Å². The molecular weight excluding hydrogens is 393 g/mol. The van der Waals surface area contributed by atoms with E-state index in [1.165, 1.54) is 6.07 Å². The molecule has 0 fully saturated rings. The highest BCUT2D eigenvalue weighted by atomic mass is 19.4. The number of alkyl halides is 3. The van der Waals surface area contributed by atoms with Crippen molar-refractivity contribution < 1.29 is 22.8 Å². The topological polar surface area (TPSA) is 51.1 Å². The van der Waals surface area contributed by atoms with Crippen LogP contribution in [-0.4, -0.2) is 16.3 Å². The Labute approximate surface area is 171 Å². The Morgan fingerprint density at radius 1 is 1.00 bits per heavy atom. The van der Waals surface area contributed by atoms with Crippen molar-refractivity contribution in [2.45, 2.75) is 31.6 Å². The molecule has 4 rings (SSSR count). The molecule has 0 saturated carbocycles. The van der Waals surface area contributed by atoms with Gasteiger partial charge in [-0.05, 0) is 36.2 Å². The minimum Gasteiger partial charge on any atom is -0.351 e. The number of ketones is 1. The van der Waals surface area contributed by atoms with Crippen molar-refractivity contribution in [2.75, 3.05) is 0 Å². The van der Waals surface area contributed by atoms with E-state index in [1.807, 2.05) is 10.6 Å². The number of aromatic nitrogens is 1. The molecule has 0 bridgehead atoms. The molecule has 0 saturated heterocycles. The Morgan fingerprint density at radius 2 is 1.77 bits per heavy atom. The Hall–Kier alpha value is -3.35. The summed E-state index contributed by atoms with van der Waals surface area (Å²) in [7, 11) is 0. The van der Waals surface area contributed by atoms with E-state index < -0.39 is 17.7 Å². The second kappa shape index (κ2) is 7.82. The van der Waals surface area contributed by atoms with E-state index in [0.717, 1.165) is 17.8 Å². The van der Waals surface area contributed by atoms with Crippen LogP contribution in [0.15, 0.2) is 66.7 Å². The Morgan fingerprint density at radius 3 is 2.50 bits per heavy atom. The van der Waals surface area contributed by atoms with Crippen molar-refractivity contribution >= 4 is 11.7 Å². The highest BCUT2D eigenvalue weighted by molar-refractivity contribution is 6.08. The maximum atomic E-state index is 12.9. The quantitative estimate of drug-likeness (QED) is 0.626. The number of nitrogens with one attached hydrogen (secondary N) is 1. The summed E-state index contributed by atoms with van der Waals surface area (Å²) >= 11 is 0. The highest BCUT2D eigenvalue weighted by Gasteiger charge is 2.32. The molecule has 1 aromatic heterocycles. The van der Waals surface area contributed by atoms with E-state index in [4.69, 9.17) is 0 Å². The molecular formula is C23H19F3N2O2. The molecule has 0 radical (unpaired) electrons. The number of amides is 1. The second-order valence-electron chi connectivity index (χ2n) is 7.25. The summed E-state index contributed by atoms with van der Waals surface area (Å²) in [5.41, 5.74) is 1.50. The first kappa shape index (κ1) is 19.9. The number of benzene rings is 2. The standard InChI is InChI=1S/C23H19F3N2O2/c24-23(25,26)17-8-4-5-15(13-17)14-27-22(30)18-11-12-28-19(18)9-10-20(28)21(29)16-6-2-1-3-7-16/h1-10,13,18H,11-12,14H2,(H,27,30)/t18-/m1/s1. The van der Waals surface area contributed by atoms with Crippen LogP contribution in [0, 0.1) is 0 Å². The zero-order valence-electron chi connectivity index (χ0n) is 15.9. The normalized spacial score (nSPS) is 15.6. The third-order valence-corrected chi connectivity index (χ3v) is 5.32. The molecule has 0 spiro atoms. The van der Waals surface area contributed by atoms with Gasteiger partial charge in [0, 0.05) is 24.3 Å². The lowest BCUT2D eigenvalue weighted by Crippen LogP contribution is -2.28. The van der Waals surface area contributed by atoms with Gasteiger partial charge in [0.25, 0.3) is 0 Å². The number of halogens is 3. The highest BCUT2D eigenvalue weighted by Crippen LogP contribution is 2.32. The minimum atomic E-state index is -4.42. The zero-order chi connectivity index (χ0) is 21.3. The first-order valence-corrected chi connectivity index (χ1v) is 9.57. The maximum Gasteiger partial charge on any atom is 0.416 e. The molecule has 1 aliphatic rings. The van der Waals surface area contributed by atoms with Gasteiger partial charge in [-0.15, -0.1) is 0 Å². The first-order chi connectivity index (χ1) is 14.3. The summed E-state index contributed by atoms with van der Waals surface area (Å²) < 4.78 is 40.4. The lowest BCUT2D eigenvalue weighted by atomic mass is 10.0. The van der Waals surface area contributed by atoms with Gasteiger partial charge in [0.1, 0.15) is 0 Å². The summed E-state index contributed by atoms with van der Waals surface area (Å²) in [6, 6.07) is 17.3. The average molecular weight is 412 g/mol. The third-order valence-electron chi connectivity index (χ3n) is 5.32. The molecule has 2 heterocycles. The number of carbonyl (C=O) groups excluding carboxylic acids is 2. The van der Waals surface area contributed by atoms with Crippen LogP contribution < -0.4 is 5.32 Å². The Balaban J connectivity index is 1.46. The van der Waals surface area contributed by atoms with Crippen LogP contribution in [0.5, 0.6) is 0 Å². The molecule has 30 heavy (non-hydrogen) atoms. The predicted molar refractivity (Wildman–Crippen MR) is 105 cm³/mol. The van der Waals surface area contributed by atoms with Crippen molar-refractivity contribution in [2.24, 2.45) is 0 Å². The van der Waals surface area contributed by atoms with Gasteiger partial charge in [0.2, 0.25) is 11.7 Å². The van der Waals surface area contributed by atoms with Gasteiger partial charge in [-0.25, -0.2) is 0 Å². The number of rotatable bonds is 5.